The summed E-state index contributed by atoms with van der Waals surface area (Å²) in [5.41, 5.74) is 10.2. The number of thiazole rings is 1. The molecule has 0 saturated heterocycles. The van der Waals surface area contributed by atoms with Gasteiger partial charge in [0.15, 0.2) is 0 Å². The molecule has 2 aliphatic rings. The van der Waals surface area contributed by atoms with Crippen LogP contribution in [0.2, 0.25) is 0 Å². The fraction of sp³-hybridized carbons (Fsp3) is 0.400. The van der Waals surface area contributed by atoms with Gasteiger partial charge in [-0.1, -0.05) is 30.7 Å². The third-order valence-electron chi connectivity index (χ3n) is 4.22. The van der Waals surface area contributed by atoms with E-state index in [0.717, 1.165) is 12.8 Å². The maximum absolute atomic E-state index is 6.19. The maximum Gasteiger partial charge on any atom is 0.0981 e. The SMILES string of the molecule is Cl.Cl.NC1CCCC1c1nc2c(s1)Cc1ccccc1-2. The number of hydrogen-bond acceptors (Lipinski definition) is 3. The van der Waals surface area contributed by atoms with Crippen LogP contribution in [0.3, 0.4) is 0 Å². The van der Waals surface area contributed by atoms with Crippen molar-refractivity contribution in [3.8, 4) is 11.3 Å². The summed E-state index contributed by atoms with van der Waals surface area (Å²) in [6, 6.07) is 8.95. The highest BCUT2D eigenvalue weighted by molar-refractivity contribution is 7.12. The van der Waals surface area contributed by atoms with E-state index in [1.807, 2.05) is 11.3 Å². The molecule has 2 nitrogen and oxygen atoms in total. The van der Waals surface area contributed by atoms with Crippen molar-refractivity contribution < 1.29 is 0 Å². The van der Waals surface area contributed by atoms with Crippen LogP contribution in [0.25, 0.3) is 11.3 Å². The number of nitrogens with two attached hydrogens (primary N) is 1. The molecule has 2 atom stereocenters. The van der Waals surface area contributed by atoms with Crippen molar-refractivity contribution in [1.82, 2.24) is 4.98 Å². The number of fused-ring (bicyclic) bond motifs is 3. The first kappa shape index (κ1) is 15.8. The van der Waals surface area contributed by atoms with E-state index in [1.165, 1.54) is 39.5 Å². The molecule has 0 radical (unpaired) electrons. The number of hydrogen-bond donors (Lipinski definition) is 1. The predicted octanol–water partition coefficient (Wildman–Crippen LogP) is 4.15. The number of halogens is 2. The molecule has 0 aliphatic heterocycles. The molecule has 0 amide bonds. The van der Waals surface area contributed by atoms with Gasteiger partial charge in [-0.25, -0.2) is 4.98 Å². The standard InChI is InChI=1S/C15H16N2S.2ClH/c16-12-7-3-6-11(12)15-17-14-10-5-2-1-4-9(10)8-13(14)18-15;;/h1-2,4-5,11-12H,3,6-8,16H2;2*1H. The van der Waals surface area contributed by atoms with Gasteiger partial charge in [-0.3, -0.25) is 0 Å². The second-order valence-electron chi connectivity index (χ2n) is 5.36. The molecule has 1 heterocycles. The van der Waals surface area contributed by atoms with Gasteiger partial charge < -0.3 is 5.73 Å². The lowest BCUT2D eigenvalue weighted by atomic mass is 10.1. The minimum atomic E-state index is 0. The zero-order valence-corrected chi connectivity index (χ0v) is 13.5. The zero-order chi connectivity index (χ0) is 12.1. The van der Waals surface area contributed by atoms with E-state index >= 15 is 0 Å². The molecule has 2 unspecified atom stereocenters. The van der Waals surface area contributed by atoms with Gasteiger partial charge in [0.25, 0.3) is 0 Å². The molecular formula is C15H18Cl2N2S. The molecule has 0 bridgehead atoms. The van der Waals surface area contributed by atoms with Gasteiger partial charge in [0.1, 0.15) is 0 Å². The van der Waals surface area contributed by atoms with E-state index in [4.69, 9.17) is 10.7 Å². The van der Waals surface area contributed by atoms with Crippen molar-refractivity contribution in [2.45, 2.75) is 37.6 Å². The molecular weight excluding hydrogens is 311 g/mol. The summed E-state index contributed by atoms with van der Waals surface area (Å²) in [7, 11) is 0. The molecule has 0 spiro atoms. The highest BCUT2D eigenvalue weighted by atomic mass is 35.5. The highest BCUT2D eigenvalue weighted by Crippen LogP contribution is 2.43. The van der Waals surface area contributed by atoms with Crippen LogP contribution in [0.4, 0.5) is 0 Å². The molecule has 20 heavy (non-hydrogen) atoms. The Labute approximate surface area is 135 Å². The minimum Gasteiger partial charge on any atom is -0.327 e. The van der Waals surface area contributed by atoms with Crippen molar-refractivity contribution in [2.75, 3.05) is 0 Å². The molecule has 108 valence electrons. The van der Waals surface area contributed by atoms with E-state index in [0.29, 0.717) is 12.0 Å². The fourth-order valence-electron chi connectivity index (χ4n) is 3.23. The van der Waals surface area contributed by atoms with Gasteiger partial charge in [0.05, 0.1) is 10.7 Å². The summed E-state index contributed by atoms with van der Waals surface area (Å²) in [5.74, 6) is 0.507. The Kier molecular flexibility index (Phi) is 4.75. The Morgan fingerprint density at radius 1 is 1.15 bits per heavy atom. The third-order valence-corrected chi connectivity index (χ3v) is 5.41. The lowest BCUT2D eigenvalue weighted by molar-refractivity contribution is 0.610. The first-order valence-electron chi connectivity index (χ1n) is 6.66. The van der Waals surface area contributed by atoms with E-state index in [1.54, 1.807) is 0 Å². The molecule has 1 aromatic heterocycles. The minimum absolute atomic E-state index is 0. The summed E-state index contributed by atoms with van der Waals surface area (Å²) in [4.78, 5) is 6.34. The Morgan fingerprint density at radius 3 is 2.70 bits per heavy atom. The smallest absolute Gasteiger partial charge is 0.0981 e. The second-order valence-corrected chi connectivity index (χ2v) is 6.47. The average molecular weight is 329 g/mol. The fourth-order valence-corrected chi connectivity index (χ4v) is 4.55. The van der Waals surface area contributed by atoms with Gasteiger partial charge in [0.2, 0.25) is 0 Å². The molecule has 2 N–H and O–H groups in total. The predicted molar refractivity (Wildman–Crippen MR) is 89.4 cm³/mol. The van der Waals surface area contributed by atoms with Gasteiger partial charge in [0, 0.05) is 28.8 Å². The summed E-state index contributed by atoms with van der Waals surface area (Å²) in [6.07, 6.45) is 4.69. The van der Waals surface area contributed by atoms with Crippen molar-refractivity contribution >= 4 is 36.2 Å². The average Bonchev–Trinajstić information content (AvgIpc) is 3.01. The lowest BCUT2D eigenvalue weighted by Crippen LogP contribution is -2.22. The van der Waals surface area contributed by atoms with Gasteiger partial charge in [-0.2, -0.15) is 0 Å². The van der Waals surface area contributed by atoms with Gasteiger partial charge in [-0.05, 0) is 18.4 Å². The number of nitrogens with zero attached hydrogens (tertiary/aromatic N) is 1. The van der Waals surface area contributed by atoms with Crippen molar-refractivity contribution in [3.63, 3.8) is 0 Å². The van der Waals surface area contributed by atoms with Crippen LogP contribution in [0.1, 0.15) is 40.6 Å². The Bertz CT molecular complexity index is 612. The van der Waals surface area contributed by atoms with Crippen LogP contribution in [-0.2, 0) is 6.42 Å². The van der Waals surface area contributed by atoms with Crippen molar-refractivity contribution in [1.29, 1.82) is 0 Å². The largest absolute Gasteiger partial charge is 0.327 e. The molecule has 4 rings (SSSR count). The Hall–Kier alpha value is -0.610. The Morgan fingerprint density at radius 2 is 1.95 bits per heavy atom. The summed E-state index contributed by atoms with van der Waals surface area (Å²) in [5, 5.41) is 1.28. The van der Waals surface area contributed by atoms with Crippen LogP contribution in [0.5, 0.6) is 0 Å². The third kappa shape index (κ3) is 2.37. The van der Waals surface area contributed by atoms with E-state index in [2.05, 4.69) is 24.3 Å². The van der Waals surface area contributed by atoms with E-state index < -0.39 is 0 Å². The topological polar surface area (TPSA) is 38.9 Å². The first-order valence-corrected chi connectivity index (χ1v) is 7.48. The van der Waals surface area contributed by atoms with Crippen LogP contribution in [0.15, 0.2) is 24.3 Å². The summed E-state index contributed by atoms with van der Waals surface area (Å²) >= 11 is 1.89. The number of aromatic nitrogens is 1. The Balaban J connectivity index is 0.000000735. The molecule has 2 aromatic rings. The number of benzene rings is 1. The number of rotatable bonds is 1. The van der Waals surface area contributed by atoms with Gasteiger partial charge in [-0.15, -0.1) is 36.2 Å². The van der Waals surface area contributed by atoms with Crippen LogP contribution in [-0.4, -0.2) is 11.0 Å². The van der Waals surface area contributed by atoms with Crippen LogP contribution < -0.4 is 5.73 Å². The second kappa shape index (κ2) is 6.02. The van der Waals surface area contributed by atoms with E-state index in [-0.39, 0.29) is 24.8 Å². The normalized spacial score (nSPS) is 22.6. The molecule has 1 saturated carbocycles. The summed E-state index contributed by atoms with van der Waals surface area (Å²) in [6.45, 7) is 0. The van der Waals surface area contributed by atoms with Crippen LogP contribution >= 0.6 is 36.2 Å². The van der Waals surface area contributed by atoms with Crippen molar-refractivity contribution in [2.24, 2.45) is 5.73 Å². The molecule has 1 fully saturated rings. The maximum atomic E-state index is 6.19. The van der Waals surface area contributed by atoms with Crippen molar-refractivity contribution in [3.05, 3.63) is 39.7 Å². The molecule has 5 heteroatoms. The molecule has 2 aliphatic carbocycles. The zero-order valence-electron chi connectivity index (χ0n) is 11.0. The van der Waals surface area contributed by atoms with Gasteiger partial charge >= 0.3 is 0 Å². The monoisotopic (exact) mass is 328 g/mol. The molecule has 1 aromatic carbocycles. The lowest BCUT2D eigenvalue weighted by Gasteiger charge is -2.11. The van der Waals surface area contributed by atoms with Crippen LogP contribution in [0, 0.1) is 0 Å². The first-order chi connectivity index (χ1) is 8.83. The highest BCUT2D eigenvalue weighted by Gasteiger charge is 2.31. The summed E-state index contributed by atoms with van der Waals surface area (Å²) < 4.78 is 0. The van der Waals surface area contributed by atoms with E-state index in [9.17, 15) is 0 Å². The quantitative estimate of drug-likeness (QED) is 0.728.